The summed E-state index contributed by atoms with van der Waals surface area (Å²) < 4.78 is 5.37. The molecule has 5 aliphatic rings. The second-order valence-corrected chi connectivity index (χ2v) is 9.75. The standard InChI is InChI=1S/C19H30N2O3/c1-18(2,3)24-17(23)21-10-15(11-21)20-16(22)19-7-12-4-13(8-19)6-14(5-12)9-19/h12-15H,4-11H2,1-3H3,(H,20,22). The minimum absolute atomic E-state index is 0.0954. The molecule has 0 radical (unpaired) electrons. The van der Waals surface area contributed by atoms with E-state index in [0.717, 1.165) is 37.0 Å². The highest BCUT2D eigenvalue weighted by atomic mass is 16.6. The summed E-state index contributed by atoms with van der Waals surface area (Å²) in [4.78, 5) is 26.6. The zero-order chi connectivity index (χ0) is 17.1. The van der Waals surface area contributed by atoms with E-state index < -0.39 is 5.60 Å². The molecular weight excluding hydrogens is 304 g/mol. The molecule has 5 rings (SSSR count). The van der Waals surface area contributed by atoms with Gasteiger partial charge in [0.05, 0.1) is 6.04 Å². The molecule has 0 atom stereocenters. The van der Waals surface area contributed by atoms with Crippen LogP contribution in [0.25, 0.3) is 0 Å². The number of rotatable bonds is 2. The lowest BCUT2D eigenvalue weighted by molar-refractivity contribution is -0.148. The van der Waals surface area contributed by atoms with Crippen LogP contribution in [-0.4, -0.2) is 41.6 Å². The van der Waals surface area contributed by atoms with Crippen molar-refractivity contribution in [2.24, 2.45) is 23.2 Å². The quantitative estimate of drug-likeness (QED) is 0.845. The monoisotopic (exact) mass is 334 g/mol. The minimum Gasteiger partial charge on any atom is -0.444 e. The van der Waals surface area contributed by atoms with Crippen molar-refractivity contribution >= 4 is 12.0 Å². The van der Waals surface area contributed by atoms with Gasteiger partial charge in [0.1, 0.15) is 5.60 Å². The van der Waals surface area contributed by atoms with Crippen LogP contribution in [-0.2, 0) is 9.53 Å². The first-order valence-electron chi connectivity index (χ1n) is 9.51. The highest BCUT2D eigenvalue weighted by molar-refractivity contribution is 5.84. The minimum atomic E-state index is -0.468. The van der Waals surface area contributed by atoms with Gasteiger partial charge < -0.3 is 15.0 Å². The first-order chi connectivity index (χ1) is 11.2. The molecule has 0 aromatic carbocycles. The Bertz CT molecular complexity index is 510. The summed E-state index contributed by atoms with van der Waals surface area (Å²) in [7, 11) is 0. The van der Waals surface area contributed by atoms with Gasteiger partial charge in [-0.25, -0.2) is 4.79 Å². The molecule has 5 fully saturated rings. The number of carbonyl (C=O) groups is 2. The third kappa shape index (κ3) is 2.91. The van der Waals surface area contributed by atoms with Gasteiger partial charge in [-0.3, -0.25) is 4.79 Å². The Morgan fingerprint density at radius 1 is 1.00 bits per heavy atom. The van der Waals surface area contributed by atoms with Gasteiger partial charge in [0, 0.05) is 18.5 Å². The predicted octanol–water partition coefficient (Wildman–Crippen LogP) is 2.94. The van der Waals surface area contributed by atoms with Crippen molar-refractivity contribution < 1.29 is 14.3 Å². The van der Waals surface area contributed by atoms with E-state index in [4.69, 9.17) is 4.74 Å². The van der Waals surface area contributed by atoms with E-state index in [1.54, 1.807) is 4.90 Å². The molecule has 0 aromatic rings. The summed E-state index contributed by atoms with van der Waals surface area (Å²) in [5, 5.41) is 3.23. The summed E-state index contributed by atoms with van der Waals surface area (Å²) in [6.45, 7) is 6.77. The molecule has 0 aromatic heterocycles. The second-order valence-electron chi connectivity index (χ2n) is 9.75. The predicted molar refractivity (Wildman–Crippen MR) is 90.3 cm³/mol. The smallest absolute Gasteiger partial charge is 0.410 e. The Hall–Kier alpha value is -1.26. The molecule has 5 heteroatoms. The van der Waals surface area contributed by atoms with Crippen molar-refractivity contribution in [3.63, 3.8) is 0 Å². The second kappa shape index (κ2) is 5.37. The number of ether oxygens (including phenoxy) is 1. The van der Waals surface area contributed by atoms with Gasteiger partial charge in [-0.1, -0.05) is 0 Å². The van der Waals surface area contributed by atoms with E-state index in [2.05, 4.69) is 5.32 Å². The normalized spacial score (nSPS) is 38.0. The molecule has 1 N–H and O–H groups in total. The molecule has 1 saturated heterocycles. The summed E-state index contributed by atoms with van der Waals surface area (Å²) >= 11 is 0. The van der Waals surface area contributed by atoms with Gasteiger partial charge in [-0.05, 0) is 77.0 Å². The van der Waals surface area contributed by atoms with Crippen molar-refractivity contribution in [2.45, 2.75) is 70.9 Å². The Balaban J connectivity index is 1.30. The van der Waals surface area contributed by atoms with Crippen LogP contribution in [0.1, 0.15) is 59.3 Å². The number of carbonyl (C=O) groups excluding carboxylic acids is 2. The van der Waals surface area contributed by atoms with Crippen LogP contribution in [0.4, 0.5) is 4.79 Å². The lowest BCUT2D eigenvalue weighted by Gasteiger charge is -2.56. The Morgan fingerprint density at radius 3 is 1.96 bits per heavy atom. The van der Waals surface area contributed by atoms with Crippen LogP contribution >= 0.6 is 0 Å². The molecule has 0 spiro atoms. The molecule has 1 aliphatic heterocycles. The highest BCUT2D eigenvalue weighted by Gasteiger charge is 2.55. The average molecular weight is 334 g/mol. The molecule has 5 nitrogen and oxygen atoms in total. The largest absolute Gasteiger partial charge is 0.444 e. The van der Waals surface area contributed by atoms with Crippen LogP contribution in [0.15, 0.2) is 0 Å². The van der Waals surface area contributed by atoms with Gasteiger partial charge in [0.2, 0.25) is 5.91 Å². The fraction of sp³-hybridized carbons (Fsp3) is 0.895. The lowest BCUT2D eigenvalue weighted by Crippen LogP contribution is -2.64. The molecule has 2 amide bonds. The van der Waals surface area contributed by atoms with E-state index in [-0.39, 0.29) is 23.5 Å². The Labute approximate surface area is 144 Å². The first-order valence-corrected chi connectivity index (χ1v) is 9.51. The van der Waals surface area contributed by atoms with Crippen molar-refractivity contribution in [2.75, 3.05) is 13.1 Å². The highest BCUT2D eigenvalue weighted by Crippen LogP contribution is 2.60. The van der Waals surface area contributed by atoms with Crippen molar-refractivity contribution in [3.8, 4) is 0 Å². The SMILES string of the molecule is CC(C)(C)OC(=O)N1CC(NC(=O)C23CC4CC(CC(C4)C2)C3)C1. The van der Waals surface area contributed by atoms with E-state index >= 15 is 0 Å². The van der Waals surface area contributed by atoms with Gasteiger partial charge in [0.15, 0.2) is 0 Å². The molecule has 4 aliphatic carbocycles. The summed E-state index contributed by atoms with van der Waals surface area (Å²) in [6, 6.07) is 0.0954. The van der Waals surface area contributed by atoms with E-state index in [9.17, 15) is 9.59 Å². The number of likely N-dealkylation sites (tertiary alicyclic amines) is 1. The Kier molecular flexibility index (Phi) is 3.63. The zero-order valence-electron chi connectivity index (χ0n) is 15.1. The summed E-state index contributed by atoms with van der Waals surface area (Å²) in [5.74, 6) is 2.60. The van der Waals surface area contributed by atoms with Crippen molar-refractivity contribution in [1.29, 1.82) is 0 Å². The fourth-order valence-corrected chi connectivity index (χ4v) is 5.77. The van der Waals surface area contributed by atoms with Crippen molar-refractivity contribution in [3.05, 3.63) is 0 Å². The van der Waals surface area contributed by atoms with Gasteiger partial charge in [0.25, 0.3) is 0 Å². The van der Waals surface area contributed by atoms with Crippen LogP contribution in [0.3, 0.4) is 0 Å². The maximum absolute atomic E-state index is 13.0. The average Bonchev–Trinajstić information content (AvgIpc) is 2.38. The summed E-state index contributed by atoms with van der Waals surface area (Å²) in [6.07, 6.45) is 7.05. The lowest BCUT2D eigenvalue weighted by atomic mass is 9.49. The van der Waals surface area contributed by atoms with Crippen molar-refractivity contribution in [1.82, 2.24) is 10.2 Å². The van der Waals surface area contributed by atoms with Crippen LogP contribution in [0.5, 0.6) is 0 Å². The maximum Gasteiger partial charge on any atom is 0.410 e. The number of hydrogen-bond acceptors (Lipinski definition) is 3. The van der Waals surface area contributed by atoms with Gasteiger partial charge in [-0.2, -0.15) is 0 Å². The topological polar surface area (TPSA) is 58.6 Å². The summed E-state index contributed by atoms with van der Waals surface area (Å²) in [5.41, 5.74) is -0.564. The van der Waals surface area contributed by atoms with E-state index in [0.29, 0.717) is 13.1 Å². The van der Waals surface area contributed by atoms with Crippen LogP contribution in [0.2, 0.25) is 0 Å². The molecular formula is C19H30N2O3. The van der Waals surface area contributed by atoms with E-state index in [1.165, 1.54) is 19.3 Å². The Morgan fingerprint density at radius 2 is 1.50 bits per heavy atom. The third-order valence-corrected chi connectivity index (χ3v) is 6.39. The number of hydrogen-bond donors (Lipinski definition) is 1. The van der Waals surface area contributed by atoms with Crippen LogP contribution < -0.4 is 5.32 Å². The molecule has 4 bridgehead atoms. The fourth-order valence-electron chi connectivity index (χ4n) is 5.77. The molecule has 134 valence electrons. The molecule has 1 heterocycles. The van der Waals surface area contributed by atoms with Gasteiger partial charge >= 0.3 is 6.09 Å². The number of nitrogens with one attached hydrogen (secondary N) is 1. The zero-order valence-corrected chi connectivity index (χ0v) is 15.1. The maximum atomic E-state index is 13.0. The first kappa shape index (κ1) is 16.2. The number of nitrogens with zero attached hydrogens (tertiary/aromatic N) is 1. The molecule has 4 saturated carbocycles. The number of amides is 2. The molecule has 24 heavy (non-hydrogen) atoms. The van der Waals surface area contributed by atoms with Gasteiger partial charge in [-0.15, -0.1) is 0 Å². The van der Waals surface area contributed by atoms with Crippen LogP contribution in [0, 0.1) is 23.2 Å². The van der Waals surface area contributed by atoms with E-state index in [1.807, 2.05) is 20.8 Å². The molecule has 0 unspecified atom stereocenters. The third-order valence-electron chi connectivity index (χ3n) is 6.39.